The molecule has 0 fully saturated rings. The van der Waals surface area contributed by atoms with Crippen molar-refractivity contribution >= 4 is 0 Å². The summed E-state index contributed by atoms with van der Waals surface area (Å²) < 4.78 is 43.3. The van der Waals surface area contributed by atoms with Crippen LogP contribution in [0.15, 0.2) is 46.9 Å². The van der Waals surface area contributed by atoms with Crippen LogP contribution in [0.3, 0.4) is 0 Å². The Bertz CT molecular complexity index is 792. The van der Waals surface area contributed by atoms with Gasteiger partial charge in [-0.05, 0) is 29.3 Å². The molecule has 0 bridgehead atoms. The molecule has 0 saturated carbocycles. The van der Waals surface area contributed by atoms with Crippen molar-refractivity contribution < 1.29 is 17.6 Å². The third-order valence-electron chi connectivity index (χ3n) is 3.12. The van der Waals surface area contributed by atoms with Crippen molar-refractivity contribution in [2.24, 2.45) is 0 Å². The first-order chi connectivity index (χ1) is 10.4. The van der Waals surface area contributed by atoms with E-state index in [1.54, 1.807) is 25.1 Å². The van der Waals surface area contributed by atoms with Gasteiger partial charge in [-0.3, -0.25) is 0 Å². The third kappa shape index (κ3) is 2.72. The molecule has 0 saturated heterocycles. The number of aromatic nitrogens is 2. The fourth-order valence-electron chi connectivity index (χ4n) is 2.09. The van der Waals surface area contributed by atoms with Crippen LogP contribution in [0.25, 0.3) is 22.6 Å². The molecule has 0 N–H and O–H groups in total. The van der Waals surface area contributed by atoms with E-state index in [-0.39, 0.29) is 5.89 Å². The topological polar surface area (TPSA) is 38.9 Å². The van der Waals surface area contributed by atoms with E-state index in [0.29, 0.717) is 22.6 Å². The smallest absolute Gasteiger partial charge is 0.416 e. The summed E-state index contributed by atoms with van der Waals surface area (Å²) in [6, 6.07) is 13.1. The molecule has 0 unspecified atom stereocenters. The quantitative estimate of drug-likeness (QED) is 0.698. The average Bonchev–Trinajstić information content (AvgIpc) is 2.93. The van der Waals surface area contributed by atoms with E-state index in [2.05, 4.69) is 16.3 Å². The molecule has 3 nitrogen and oxygen atoms in total. The van der Waals surface area contributed by atoms with Gasteiger partial charge < -0.3 is 4.42 Å². The SMILES string of the molecule is Cc1nnc(-c2[c]cccc2-c2ccc(C(F)(F)F)cc2)o1. The lowest BCUT2D eigenvalue weighted by atomic mass is 9.98. The van der Waals surface area contributed by atoms with E-state index in [1.165, 1.54) is 12.1 Å². The highest BCUT2D eigenvalue weighted by atomic mass is 19.4. The fraction of sp³-hybridized carbons (Fsp3) is 0.125. The second kappa shape index (κ2) is 5.29. The molecule has 6 heteroatoms. The lowest BCUT2D eigenvalue weighted by Crippen LogP contribution is -2.04. The standard InChI is InChI=1S/C16H10F3N2O/c1-10-20-21-15(22-10)14-5-3-2-4-13(14)11-6-8-12(9-7-11)16(17,18)19/h2-4,6-9H,1H3. The van der Waals surface area contributed by atoms with Crippen LogP contribution in [0.5, 0.6) is 0 Å². The van der Waals surface area contributed by atoms with Gasteiger partial charge in [-0.1, -0.05) is 30.3 Å². The summed E-state index contributed by atoms with van der Waals surface area (Å²) in [7, 11) is 0. The summed E-state index contributed by atoms with van der Waals surface area (Å²) in [5.41, 5.74) is 1.17. The number of benzene rings is 2. The zero-order valence-corrected chi connectivity index (χ0v) is 11.5. The van der Waals surface area contributed by atoms with Gasteiger partial charge >= 0.3 is 6.18 Å². The lowest BCUT2D eigenvalue weighted by molar-refractivity contribution is -0.137. The largest absolute Gasteiger partial charge is 0.421 e. The predicted molar refractivity (Wildman–Crippen MR) is 73.7 cm³/mol. The summed E-state index contributed by atoms with van der Waals surface area (Å²) >= 11 is 0. The van der Waals surface area contributed by atoms with Gasteiger partial charge in [-0.2, -0.15) is 13.2 Å². The Kier molecular flexibility index (Phi) is 3.44. The van der Waals surface area contributed by atoms with Crippen LogP contribution in [0.1, 0.15) is 11.5 Å². The highest BCUT2D eigenvalue weighted by Gasteiger charge is 2.30. The number of hydrogen-bond donors (Lipinski definition) is 0. The van der Waals surface area contributed by atoms with Gasteiger partial charge in [0.2, 0.25) is 11.8 Å². The summed E-state index contributed by atoms with van der Waals surface area (Å²) in [6.07, 6.45) is -4.35. The Morgan fingerprint density at radius 2 is 1.77 bits per heavy atom. The molecule has 0 spiro atoms. The molecule has 0 aliphatic carbocycles. The first kappa shape index (κ1) is 14.3. The van der Waals surface area contributed by atoms with Crippen LogP contribution in [0, 0.1) is 13.0 Å². The number of rotatable bonds is 2. The number of hydrogen-bond acceptors (Lipinski definition) is 3. The second-order valence-corrected chi connectivity index (χ2v) is 4.66. The van der Waals surface area contributed by atoms with Crippen molar-refractivity contribution in [1.29, 1.82) is 0 Å². The number of nitrogens with zero attached hydrogens (tertiary/aromatic N) is 2. The molecular weight excluding hydrogens is 293 g/mol. The van der Waals surface area contributed by atoms with Gasteiger partial charge in [0.15, 0.2) is 0 Å². The molecule has 1 heterocycles. The zero-order valence-electron chi connectivity index (χ0n) is 11.5. The molecular formula is C16H10F3N2O. The van der Waals surface area contributed by atoms with E-state index >= 15 is 0 Å². The van der Waals surface area contributed by atoms with Gasteiger partial charge in [-0.25, -0.2) is 0 Å². The van der Waals surface area contributed by atoms with Crippen LogP contribution in [0.4, 0.5) is 13.2 Å². The molecule has 0 aliphatic heterocycles. The van der Waals surface area contributed by atoms with Crippen molar-refractivity contribution in [2.45, 2.75) is 13.1 Å². The predicted octanol–water partition coefficient (Wildman–Crippen LogP) is 4.53. The minimum absolute atomic E-state index is 0.285. The van der Waals surface area contributed by atoms with Gasteiger partial charge in [0.1, 0.15) is 0 Å². The second-order valence-electron chi connectivity index (χ2n) is 4.66. The van der Waals surface area contributed by atoms with Crippen molar-refractivity contribution in [3.63, 3.8) is 0 Å². The van der Waals surface area contributed by atoms with Gasteiger partial charge in [0.25, 0.3) is 0 Å². The number of aryl methyl sites for hydroxylation is 1. The average molecular weight is 303 g/mol. The van der Waals surface area contributed by atoms with Gasteiger partial charge in [-0.15, -0.1) is 10.2 Å². The Morgan fingerprint density at radius 1 is 1.05 bits per heavy atom. The van der Waals surface area contributed by atoms with Crippen molar-refractivity contribution in [3.05, 3.63) is 60.0 Å². The maximum absolute atomic E-state index is 12.6. The van der Waals surface area contributed by atoms with Crippen molar-refractivity contribution in [1.82, 2.24) is 10.2 Å². The molecule has 2 aromatic carbocycles. The third-order valence-corrected chi connectivity index (χ3v) is 3.12. The maximum atomic E-state index is 12.6. The molecule has 0 atom stereocenters. The van der Waals surface area contributed by atoms with Crippen molar-refractivity contribution in [3.8, 4) is 22.6 Å². The molecule has 22 heavy (non-hydrogen) atoms. The van der Waals surface area contributed by atoms with Gasteiger partial charge in [0.05, 0.1) is 11.1 Å². The molecule has 3 rings (SSSR count). The maximum Gasteiger partial charge on any atom is 0.416 e. The highest BCUT2D eigenvalue weighted by molar-refractivity contribution is 5.79. The first-order valence-electron chi connectivity index (χ1n) is 6.44. The Labute approximate surface area is 124 Å². The highest BCUT2D eigenvalue weighted by Crippen LogP contribution is 2.34. The first-order valence-corrected chi connectivity index (χ1v) is 6.44. The Balaban J connectivity index is 2.06. The van der Waals surface area contributed by atoms with E-state index in [1.807, 2.05) is 0 Å². The molecule has 3 aromatic rings. The number of halogens is 3. The van der Waals surface area contributed by atoms with Crippen LogP contribution in [-0.4, -0.2) is 10.2 Å². The van der Waals surface area contributed by atoms with Gasteiger partial charge in [0, 0.05) is 6.92 Å². The summed E-state index contributed by atoms with van der Waals surface area (Å²) in [5, 5.41) is 7.69. The van der Waals surface area contributed by atoms with Crippen LogP contribution in [-0.2, 0) is 6.18 Å². The van der Waals surface area contributed by atoms with Crippen LogP contribution in [0.2, 0.25) is 0 Å². The van der Waals surface area contributed by atoms with E-state index in [9.17, 15) is 13.2 Å². The molecule has 0 aliphatic rings. The molecule has 1 aromatic heterocycles. The summed E-state index contributed by atoms with van der Waals surface area (Å²) in [6.45, 7) is 1.66. The Hall–Kier alpha value is -2.63. The van der Waals surface area contributed by atoms with Crippen molar-refractivity contribution in [2.75, 3.05) is 0 Å². The lowest BCUT2D eigenvalue weighted by Gasteiger charge is -2.09. The molecule has 0 amide bonds. The van der Waals surface area contributed by atoms with Crippen LogP contribution < -0.4 is 0 Å². The van der Waals surface area contributed by atoms with E-state index < -0.39 is 11.7 Å². The fourth-order valence-corrected chi connectivity index (χ4v) is 2.09. The monoisotopic (exact) mass is 303 g/mol. The molecule has 111 valence electrons. The number of alkyl halides is 3. The minimum atomic E-state index is -4.35. The Morgan fingerprint density at radius 3 is 2.36 bits per heavy atom. The molecule has 1 radical (unpaired) electrons. The summed E-state index contributed by atoms with van der Waals surface area (Å²) in [4.78, 5) is 0. The summed E-state index contributed by atoms with van der Waals surface area (Å²) in [5.74, 6) is 0.693. The normalized spacial score (nSPS) is 11.6. The van der Waals surface area contributed by atoms with E-state index in [0.717, 1.165) is 12.1 Å². The minimum Gasteiger partial charge on any atom is -0.421 e. The van der Waals surface area contributed by atoms with Crippen LogP contribution >= 0.6 is 0 Å². The van der Waals surface area contributed by atoms with E-state index in [4.69, 9.17) is 4.42 Å². The zero-order chi connectivity index (χ0) is 15.7.